The van der Waals surface area contributed by atoms with Crippen LogP contribution in [0.5, 0.6) is 17.8 Å². The number of nitrogens with zero attached hydrogens (tertiary/aromatic N) is 3. The number of nitrogens with two attached hydrogens (primary N) is 1. The van der Waals surface area contributed by atoms with Crippen LogP contribution >= 0.6 is 15.9 Å². The SMILES string of the molecule is CCCOc1nc(NN)nc(Oc2ccc(F)cc2Br)n1. The minimum absolute atomic E-state index is 0.0173. The first-order chi connectivity index (χ1) is 10.1. The van der Waals surface area contributed by atoms with Crippen LogP contribution in [0.2, 0.25) is 0 Å². The Balaban J connectivity index is 2.25. The molecule has 0 aliphatic heterocycles. The van der Waals surface area contributed by atoms with Crippen LogP contribution in [0.4, 0.5) is 10.3 Å². The molecule has 7 nitrogen and oxygen atoms in total. The zero-order valence-corrected chi connectivity index (χ0v) is 12.7. The van der Waals surface area contributed by atoms with Crippen molar-refractivity contribution in [3.8, 4) is 17.8 Å². The Hall–Kier alpha value is -2.00. The highest BCUT2D eigenvalue weighted by molar-refractivity contribution is 9.10. The van der Waals surface area contributed by atoms with E-state index in [0.29, 0.717) is 16.8 Å². The third-order valence-corrected chi connectivity index (χ3v) is 2.87. The largest absolute Gasteiger partial charge is 0.463 e. The average Bonchev–Trinajstić information content (AvgIpc) is 2.48. The average molecular weight is 358 g/mol. The van der Waals surface area contributed by atoms with Gasteiger partial charge >= 0.3 is 12.0 Å². The summed E-state index contributed by atoms with van der Waals surface area (Å²) in [5, 5.41) is 0. The van der Waals surface area contributed by atoms with Crippen molar-refractivity contribution in [3.63, 3.8) is 0 Å². The smallest absolute Gasteiger partial charge is 0.330 e. The Morgan fingerprint density at radius 2 is 2.05 bits per heavy atom. The van der Waals surface area contributed by atoms with E-state index in [1.807, 2.05) is 6.92 Å². The molecule has 0 unspecified atom stereocenters. The number of hydrogen-bond donors (Lipinski definition) is 2. The van der Waals surface area contributed by atoms with Crippen molar-refractivity contribution in [2.75, 3.05) is 12.0 Å². The molecular formula is C12H13BrFN5O2. The highest BCUT2D eigenvalue weighted by atomic mass is 79.9. The van der Waals surface area contributed by atoms with E-state index in [4.69, 9.17) is 15.3 Å². The third-order valence-electron chi connectivity index (χ3n) is 2.25. The zero-order valence-electron chi connectivity index (χ0n) is 11.1. The molecule has 1 aromatic carbocycles. The van der Waals surface area contributed by atoms with E-state index >= 15 is 0 Å². The summed E-state index contributed by atoms with van der Waals surface area (Å²) >= 11 is 3.19. The lowest BCUT2D eigenvalue weighted by atomic mass is 10.3. The summed E-state index contributed by atoms with van der Waals surface area (Å²) in [6.45, 7) is 2.41. The van der Waals surface area contributed by atoms with E-state index in [-0.39, 0.29) is 23.8 Å². The number of hydrogen-bond acceptors (Lipinski definition) is 7. The van der Waals surface area contributed by atoms with E-state index in [1.165, 1.54) is 18.2 Å². The summed E-state index contributed by atoms with van der Waals surface area (Å²) in [5.74, 6) is 5.35. The monoisotopic (exact) mass is 357 g/mol. The van der Waals surface area contributed by atoms with Gasteiger partial charge in [0.05, 0.1) is 11.1 Å². The second-order valence-corrected chi connectivity index (χ2v) is 4.75. The fourth-order valence-electron chi connectivity index (χ4n) is 1.36. The molecule has 0 fully saturated rings. The van der Waals surface area contributed by atoms with Gasteiger partial charge in [0.25, 0.3) is 0 Å². The fraction of sp³-hybridized carbons (Fsp3) is 0.250. The first kappa shape index (κ1) is 15.4. The van der Waals surface area contributed by atoms with E-state index < -0.39 is 0 Å². The molecular weight excluding hydrogens is 345 g/mol. The minimum Gasteiger partial charge on any atom is -0.463 e. The van der Waals surface area contributed by atoms with Crippen LogP contribution in [0.3, 0.4) is 0 Å². The molecule has 9 heteroatoms. The van der Waals surface area contributed by atoms with Gasteiger partial charge in [-0.2, -0.15) is 9.97 Å². The number of halogens is 2. The van der Waals surface area contributed by atoms with Gasteiger partial charge in [-0.15, -0.1) is 4.98 Å². The lowest BCUT2D eigenvalue weighted by molar-refractivity contribution is 0.285. The van der Waals surface area contributed by atoms with Crippen molar-refractivity contribution in [1.29, 1.82) is 0 Å². The van der Waals surface area contributed by atoms with Gasteiger partial charge in [-0.1, -0.05) is 6.92 Å². The number of aromatic nitrogens is 3. The molecule has 1 heterocycles. The lowest BCUT2D eigenvalue weighted by Crippen LogP contribution is -2.13. The van der Waals surface area contributed by atoms with Gasteiger partial charge in [0.2, 0.25) is 5.95 Å². The van der Waals surface area contributed by atoms with Gasteiger partial charge in [0.15, 0.2) is 0 Å². The molecule has 112 valence electrons. The molecule has 0 atom stereocenters. The molecule has 0 spiro atoms. The van der Waals surface area contributed by atoms with E-state index in [0.717, 1.165) is 6.42 Å². The van der Waals surface area contributed by atoms with Crippen LogP contribution in [0.25, 0.3) is 0 Å². The Labute approximate surface area is 128 Å². The number of nitrogens with one attached hydrogen (secondary N) is 1. The van der Waals surface area contributed by atoms with Crippen LogP contribution in [0.15, 0.2) is 22.7 Å². The molecule has 0 bridgehead atoms. The molecule has 0 aliphatic carbocycles. The molecule has 0 saturated carbocycles. The van der Waals surface area contributed by atoms with E-state index in [1.54, 1.807) is 0 Å². The molecule has 21 heavy (non-hydrogen) atoms. The summed E-state index contributed by atoms with van der Waals surface area (Å²) in [4.78, 5) is 11.9. The number of nitrogen functional groups attached to an aromatic ring is 1. The van der Waals surface area contributed by atoms with Crippen LogP contribution < -0.4 is 20.7 Å². The van der Waals surface area contributed by atoms with Crippen molar-refractivity contribution < 1.29 is 13.9 Å². The van der Waals surface area contributed by atoms with Crippen LogP contribution in [-0.2, 0) is 0 Å². The molecule has 0 radical (unpaired) electrons. The standard InChI is InChI=1S/C12H13BrFN5O2/c1-2-5-20-11-16-10(19-15)17-12(18-11)21-9-4-3-7(14)6-8(9)13/h3-4,6H,2,5,15H2,1H3,(H,16,17,18,19). The summed E-state index contributed by atoms with van der Waals surface area (Å²) in [7, 11) is 0. The van der Waals surface area contributed by atoms with Gasteiger partial charge in [0, 0.05) is 0 Å². The predicted molar refractivity (Wildman–Crippen MR) is 77.6 cm³/mol. The van der Waals surface area contributed by atoms with Gasteiger partial charge in [-0.25, -0.2) is 10.2 Å². The quantitative estimate of drug-likeness (QED) is 0.605. The number of benzene rings is 1. The molecule has 1 aromatic heterocycles. The van der Waals surface area contributed by atoms with Crippen molar-refractivity contribution in [2.24, 2.45) is 5.84 Å². The number of rotatable bonds is 6. The normalized spacial score (nSPS) is 10.3. The Kier molecular flexibility index (Phi) is 5.23. The Bertz CT molecular complexity index is 629. The van der Waals surface area contributed by atoms with Gasteiger partial charge in [-0.05, 0) is 40.5 Å². The maximum atomic E-state index is 13.0. The second kappa shape index (κ2) is 7.14. The first-order valence-corrected chi connectivity index (χ1v) is 6.90. The van der Waals surface area contributed by atoms with Gasteiger partial charge in [-0.3, -0.25) is 5.43 Å². The van der Waals surface area contributed by atoms with Gasteiger partial charge < -0.3 is 9.47 Å². The van der Waals surface area contributed by atoms with Crippen molar-refractivity contribution in [3.05, 3.63) is 28.5 Å². The van der Waals surface area contributed by atoms with Crippen molar-refractivity contribution >= 4 is 21.9 Å². The molecule has 0 saturated heterocycles. The molecule has 2 rings (SSSR count). The van der Waals surface area contributed by atoms with Crippen molar-refractivity contribution in [2.45, 2.75) is 13.3 Å². The van der Waals surface area contributed by atoms with Crippen LogP contribution in [0.1, 0.15) is 13.3 Å². The Morgan fingerprint density at radius 3 is 2.71 bits per heavy atom. The number of anilines is 1. The molecule has 0 amide bonds. The van der Waals surface area contributed by atoms with E-state index in [2.05, 4.69) is 36.3 Å². The molecule has 2 aromatic rings. The lowest BCUT2D eigenvalue weighted by Gasteiger charge is -2.09. The van der Waals surface area contributed by atoms with E-state index in [9.17, 15) is 4.39 Å². The molecule has 0 aliphatic rings. The van der Waals surface area contributed by atoms with Crippen LogP contribution in [-0.4, -0.2) is 21.6 Å². The third kappa shape index (κ3) is 4.23. The molecule has 3 N–H and O–H groups in total. The first-order valence-electron chi connectivity index (χ1n) is 6.10. The highest BCUT2D eigenvalue weighted by Gasteiger charge is 2.11. The maximum absolute atomic E-state index is 13.0. The summed E-state index contributed by atoms with van der Waals surface area (Å²) < 4.78 is 24.3. The Morgan fingerprint density at radius 1 is 1.29 bits per heavy atom. The fourth-order valence-corrected chi connectivity index (χ4v) is 1.79. The van der Waals surface area contributed by atoms with Gasteiger partial charge in [0.1, 0.15) is 11.6 Å². The summed E-state index contributed by atoms with van der Waals surface area (Å²) in [6.07, 6.45) is 0.802. The maximum Gasteiger partial charge on any atom is 0.330 e. The predicted octanol–water partition coefficient (Wildman–Crippen LogP) is 2.64. The topological polar surface area (TPSA) is 95.2 Å². The summed E-state index contributed by atoms with van der Waals surface area (Å²) in [6, 6.07) is 4.06. The van der Waals surface area contributed by atoms with Crippen molar-refractivity contribution in [1.82, 2.24) is 15.0 Å². The summed E-state index contributed by atoms with van der Waals surface area (Å²) in [5.41, 5.74) is 2.30. The number of ether oxygens (including phenoxy) is 2. The minimum atomic E-state index is -0.388. The number of hydrazine groups is 1. The highest BCUT2D eigenvalue weighted by Crippen LogP contribution is 2.29. The second-order valence-electron chi connectivity index (χ2n) is 3.89. The zero-order chi connectivity index (χ0) is 15.2. The van der Waals surface area contributed by atoms with Crippen LogP contribution in [0, 0.1) is 5.82 Å².